The molecule has 0 atom stereocenters. The molecule has 0 unspecified atom stereocenters. The third-order valence-electron chi connectivity index (χ3n) is 2.51. The molecule has 13 heavy (non-hydrogen) atoms. The maximum Gasteiger partial charge on any atom is 0.0335 e. The summed E-state index contributed by atoms with van der Waals surface area (Å²) in [6.07, 6.45) is 4.39. The van der Waals surface area contributed by atoms with E-state index >= 15 is 0 Å². The topological polar surface area (TPSA) is 3.24 Å². The number of hydrogen-bond acceptors (Lipinski definition) is 1. The number of likely N-dealkylation sites (N-methyl/N-ethyl adjacent to an activating group) is 1. The summed E-state index contributed by atoms with van der Waals surface area (Å²) < 4.78 is 0. The number of nitrogens with zero attached hydrogens (tertiary/aromatic N) is 1. The Bertz CT molecular complexity index is 287. The van der Waals surface area contributed by atoms with Gasteiger partial charge >= 0.3 is 0 Å². The SMILES string of the molecule is C=C1C=C(C(C)(C)C)C=C(C)N1C. The molecule has 0 aromatic rings. The van der Waals surface area contributed by atoms with Crippen molar-refractivity contribution in [2.45, 2.75) is 27.7 Å². The second kappa shape index (κ2) is 3.06. The van der Waals surface area contributed by atoms with Gasteiger partial charge in [-0.05, 0) is 30.1 Å². The van der Waals surface area contributed by atoms with Gasteiger partial charge in [-0.15, -0.1) is 0 Å². The van der Waals surface area contributed by atoms with Gasteiger partial charge in [-0.2, -0.15) is 0 Å². The van der Waals surface area contributed by atoms with Crippen LogP contribution in [0.25, 0.3) is 0 Å². The molecule has 1 heteroatoms. The second-order valence-electron chi connectivity index (χ2n) is 4.69. The van der Waals surface area contributed by atoms with E-state index in [-0.39, 0.29) is 5.41 Å². The zero-order valence-electron chi connectivity index (χ0n) is 9.31. The Labute approximate surface area is 81.4 Å². The Morgan fingerprint density at radius 1 is 1.23 bits per heavy atom. The third-order valence-corrected chi connectivity index (χ3v) is 2.51. The second-order valence-corrected chi connectivity index (χ2v) is 4.69. The Kier molecular flexibility index (Phi) is 2.38. The summed E-state index contributed by atoms with van der Waals surface area (Å²) in [7, 11) is 2.05. The zero-order valence-corrected chi connectivity index (χ0v) is 9.31. The van der Waals surface area contributed by atoms with Crippen molar-refractivity contribution in [3.8, 4) is 0 Å². The molecule has 0 radical (unpaired) electrons. The summed E-state index contributed by atoms with van der Waals surface area (Å²) in [6, 6.07) is 0. The molecule has 0 spiro atoms. The fraction of sp³-hybridized carbons (Fsp3) is 0.500. The van der Waals surface area contributed by atoms with E-state index in [0.29, 0.717) is 0 Å². The summed E-state index contributed by atoms with van der Waals surface area (Å²) >= 11 is 0. The van der Waals surface area contributed by atoms with E-state index in [1.807, 2.05) is 7.05 Å². The van der Waals surface area contributed by atoms with E-state index in [2.05, 4.69) is 51.3 Å². The van der Waals surface area contributed by atoms with Crippen LogP contribution in [-0.2, 0) is 0 Å². The van der Waals surface area contributed by atoms with E-state index in [1.54, 1.807) is 0 Å². The van der Waals surface area contributed by atoms with E-state index in [0.717, 1.165) is 5.70 Å². The summed E-state index contributed by atoms with van der Waals surface area (Å²) in [4.78, 5) is 2.11. The highest BCUT2D eigenvalue weighted by molar-refractivity contribution is 5.39. The first-order chi connectivity index (χ1) is 5.82. The molecule has 1 rings (SSSR count). The normalized spacial score (nSPS) is 18.5. The highest BCUT2D eigenvalue weighted by Gasteiger charge is 2.19. The lowest BCUT2D eigenvalue weighted by molar-refractivity contribution is 0.482. The molecule has 1 aliphatic heterocycles. The van der Waals surface area contributed by atoms with Crippen LogP contribution < -0.4 is 0 Å². The van der Waals surface area contributed by atoms with Gasteiger partial charge < -0.3 is 4.90 Å². The van der Waals surface area contributed by atoms with Crippen LogP contribution >= 0.6 is 0 Å². The first kappa shape index (κ1) is 10.1. The quantitative estimate of drug-likeness (QED) is 0.548. The smallest absolute Gasteiger partial charge is 0.0335 e. The summed E-state index contributed by atoms with van der Waals surface area (Å²) in [5, 5.41) is 0. The molecular weight excluding hydrogens is 158 g/mol. The molecule has 1 nitrogen and oxygen atoms in total. The Hall–Kier alpha value is -0.980. The minimum Gasteiger partial charge on any atom is -0.349 e. The first-order valence-corrected chi connectivity index (χ1v) is 4.65. The highest BCUT2D eigenvalue weighted by atomic mass is 15.1. The van der Waals surface area contributed by atoms with Gasteiger partial charge in [0, 0.05) is 18.4 Å². The third kappa shape index (κ3) is 2.03. The van der Waals surface area contributed by atoms with Crippen LogP contribution in [0.1, 0.15) is 27.7 Å². The van der Waals surface area contributed by atoms with Crippen LogP contribution in [0.4, 0.5) is 0 Å². The fourth-order valence-electron chi connectivity index (χ4n) is 1.30. The van der Waals surface area contributed by atoms with Gasteiger partial charge in [-0.25, -0.2) is 0 Å². The summed E-state index contributed by atoms with van der Waals surface area (Å²) in [6.45, 7) is 12.8. The average Bonchev–Trinajstić information content (AvgIpc) is 1.97. The molecule has 1 heterocycles. The molecule has 1 aliphatic rings. The van der Waals surface area contributed by atoms with E-state index in [1.165, 1.54) is 11.3 Å². The number of rotatable bonds is 0. The van der Waals surface area contributed by atoms with Crippen molar-refractivity contribution in [2.24, 2.45) is 5.41 Å². The van der Waals surface area contributed by atoms with E-state index < -0.39 is 0 Å². The van der Waals surface area contributed by atoms with Crippen molar-refractivity contribution in [2.75, 3.05) is 7.05 Å². The van der Waals surface area contributed by atoms with Gasteiger partial charge in [0.15, 0.2) is 0 Å². The molecule has 0 bridgehead atoms. The number of allylic oxidation sites excluding steroid dienone is 4. The standard InChI is InChI=1S/C12H19N/c1-9-7-11(12(3,4)5)8-10(2)13(9)6/h7-8H,1H2,2-6H3. The average molecular weight is 177 g/mol. The number of hydrogen-bond donors (Lipinski definition) is 0. The van der Waals surface area contributed by atoms with Crippen LogP contribution in [0, 0.1) is 5.41 Å². The maximum atomic E-state index is 4.02. The molecule has 0 saturated heterocycles. The predicted molar refractivity (Wildman–Crippen MR) is 58.2 cm³/mol. The largest absolute Gasteiger partial charge is 0.349 e. The van der Waals surface area contributed by atoms with Gasteiger partial charge in [-0.1, -0.05) is 27.4 Å². The van der Waals surface area contributed by atoms with Gasteiger partial charge in [0.1, 0.15) is 0 Å². The molecule has 0 N–H and O–H groups in total. The van der Waals surface area contributed by atoms with Crippen molar-refractivity contribution in [1.29, 1.82) is 0 Å². The Morgan fingerprint density at radius 2 is 1.77 bits per heavy atom. The maximum absolute atomic E-state index is 4.02. The molecule has 0 aliphatic carbocycles. The van der Waals surface area contributed by atoms with E-state index in [4.69, 9.17) is 0 Å². The lowest BCUT2D eigenvalue weighted by Gasteiger charge is -2.30. The van der Waals surface area contributed by atoms with Crippen LogP contribution in [0.5, 0.6) is 0 Å². The molecule has 0 saturated carbocycles. The van der Waals surface area contributed by atoms with Crippen molar-refractivity contribution < 1.29 is 0 Å². The molecule has 72 valence electrons. The Morgan fingerprint density at radius 3 is 2.15 bits per heavy atom. The van der Waals surface area contributed by atoms with Crippen LogP contribution in [0.2, 0.25) is 0 Å². The van der Waals surface area contributed by atoms with E-state index in [9.17, 15) is 0 Å². The van der Waals surface area contributed by atoms with Gasteiger partial charge in [0.25, 0.3) is 0 Å². The van der Waals surface area contributed by atoms with Crippen molar-refractivity contribution >= 4 is 0 Å². The zero-order chi connectivity index (χ0) is 10.2. The van der Waals surface area contributed by atoms with Crippen LogP contribution in [0.15, 0.2) is 35.7 Å². The molecule has 0 fully saturated rings. The molecule has 0 aromatic heterocycles. The monoisotopic (exact) mass is 177 g/mol. The fourth-order valence-corrected chi connectivity index (χ4v) is 1.30. The summed E-state index contributed by atoms with van der Waals surface area (Å²) in [5.74, 6) is 0. The van der Waals surface area contributed by atoms with Crippen molar-refractivity contribution in [1.82, 2.24) is 4.90 Å². The molecular formula is C12H19N. The van der Waals surface area contributed by atoms with Crippen LogP contribution in [0.3, 0.4) is 0 Å². The van der Waals surface area contributed by atoms with Crippen LogP contribution in [-0.4, -0.2) is 11.9 Å². The van der Waals surface area contributed by atoms with Gasteiger partial charge in [-0.3, -0.25) is 0 Å². The predicted octanol–water partition coefficient (Wildman–Crippen LogP) is 3.32. The molecule has 0 amide bonds. The highest BCUT2D eigenvalue weighted by Crippen LogP contribution is 2.32. The lowest BCUT2D eigenvalue weighted by atomic mass is 9.84. The lowest BCUT2D eigenvalue weighted by Crippen LogP contribution is -2.20. The van der Waals surface area contributed by atoms with Crippen molar-refractivity contribution in [3.05, 3.63) is 35.7 Å². The first-order valence-electron chi connectivity index (χ1n) is 4.65. The Balaban J connectivity index is 3.05. The van der Waals surface area contributed by atoms with Gasteiger partial charge in [0.05, 0.1) is 0 Å². The minimum atomic E-state index is 0.214. The molecule has 0 aromatic carbocycles. The minimum absolute atomic E-state index is 0.214. The summed E-state index contributed by atoms with van der Waals surface area (Å²) in [5.41, 5.74) is 3.90. The van der Waals surface area contributed by atoms with Gasteiger partial charge in [0.2, 0.25) is 0 Å². The van der Waals surface area contributed by atoms with Crippen molar-refractivity contribution in [3.63, 3.8) is 0 Å².